The molecule has 1 aliphatic heterocycles. The van der Waals surface area contributed by atoms with E-state index >= 15 is 0 Å². The number of aliphatic hydroxyl groups excluding tert-OH is 5. The number of aliphatic hydroxyl groups is 5. The van der Waals surface area contributed by atoms with Crippen molar-refractivity contribution >= 4 is 11.9 Å². The van der Waals surface area contributed by atoms with Crippen LogP contribution in [0.25, 0.3) is 0 Å². The number of allylic oxidation sites excluding steroid dienone is 21. The van der Waals surface area contributed by atoms with E-state index < -0.39 is 67.4 Å². The smallest absolute Gasteiger partial charge is 0.306 e. The van der Waals surface area contributed by atoms with Gasteiger partial charge in [0.2, 0.25) is 5.91 Å². The number of unbranched alkanes of at least 4 members (excludes halogenated alkanes) is 20. The molecule has 1 amide bonds. The number of ether oxygens (including phenoxy) is 3. The van der Waals surface area contributed by atoms with Crippen LogP contribution in [0.4, 0.5) is 0 Å². The van der Waals surface area contributed by atoms with Crippen LogP contribution in [0.1, 0.15) is 226 Å². The molecule has 11 nitrogen and oxygen atoms in total. The Balaban J connectivity index is 2.62. The molecular weight excluding hydrogens is 1000 g/mol. The van der Waals surface area contributed by atoms with Gasteiger partial charge >= 0.3 is 5.97 Å². The van der Waals surface area contributed by atoms with Crippen molar-refractivity contribution in [2.75, 3.05) is 13.2 Å². The van der Waals surface area contributed by atoms with Crippen LogP contribution in [-0.4, -0.2) is 99.6 Å². The first-order valence-electron chi connectivity index (χ1n) is 31.5. The van der Waals surface area contributed by atoms with E-state index in [1.165, 1.54) is 64.2 Å². The first-order valence-corrected chi connectivity index (χ1v) is 31.5. The van der Waals surface area contributed by atoms with Crippen LogP contribution in [0.15, 0.2) is 134 Å². The van der Waals surface area contributed by atoms with Crippen molar-refractivity contribution in [2.24, 2.45) is 0 Å². The zero-order chi connectivity index (χ0) is 58.2. The molecule has 80 heavy (non-hydrogen) atoms. The number of nitrogens with one attached hydrogen (secondary N) is 1. The van der Waals surface area contributed by atoms with E-state index in [0.29, 0.717) is 12.8 Å². The Bertz CT molecular complexity index is 1810. The molecule has 1 heterocycles. The summed E-state index contributed by atoms with van der Waals surface area (Å²) in [6.07, 6.45) is 67.9. The van der Waals surface area contributed by atoms with Gasteiger partial charge in [-0.05, 0) is 96.3 Å². The number of carbonyl (C=O) groups is 2. The normalized spacial score (nSPS) is 19.7. The van der Waals surface area contributed by atoms with Crippen molar-refractivity contribution in [3.8, 4) is 0 Å². The predicted octanol–water partition coefficient (Wildman–Crippen LogP) is 15.2. The lowest BCUT2D eigenvalue weighted by Gasteiger charge is -2.41. The first-order chi connectivity index (χ1) is 39.2. The second-order valence-electron chi connectivity index (χ2n) is 21.1. The molecular formula is C69H113NO10. The summed E-state index contributed by atoms with van der Waals surface area (Å²) in [5.41, 5.74) is 0. The van der Waals surface area contributed by atoms with Gasteiger partial charge in [-0.3, -0.25) is 9.59 Å². The average Bonchev–Trinajstić information content (AvgIpc) is 3.46. The first kappa shape index (κ1) is 73.8. The Hall–Kier alpha value is -4.20. The van der Waals surface area contributed by atoms with Crippen LogP contribution in [-0.2, 0) is 23.8 Å². The molecule has 0 aromatic carbocycles. The van der Waals surface area contributed by atoms with Crippen LogP contribution in [0.5, 0.6) is 0 Å². The highest BCUT2D eigenvalue weighted by Gasteiger charge is 2.47. The van der Waals surface area contributed by atoms with Crippen LogP contribution in [0.2, 0.25) is 0 Å². The molecule has 0 radical (unpaired) electrons. The molecule has 11 heteroatoms. The number of amides is 1. The number of esters is 1. The van der Waals surface area contributed by atoms with E-state index in [4.69, 9.17) is 14.2 Å². The molecule has 0 aromatic rings. The molecule has 0 saturated carbocycles. The van der Waals surface area contributed by atoms with E-state index in [1.54, 1.807) is 6.08 Å². The van der Waals surface area contributed by atoms with E-state index in [0.717, 1.165) is 116 Å². The minimum absolute atomic E-state index is 0.0999. The molecule has 8 unspecified atom stereocenters. The SMILES string of the molecule is CC/C=C\C/C=C\C/C=C\C/C=C\C/C=C\C/C=C\CCCCCCCCCCC(=O)OC1C(OCC(NC(=O)C(O)CCCC\C=C/C=C\C=C\C=C\CC)C(O)/C=C/CCCCCCCCCCCC)OC(CO)C(O)C1O. The molecule has 1 fully saturated rings. The van der Waals surface area contributed by atoms with Crippen molar-refractivity contribution in [2.45, 2.75) is 275 Å². The molecule has 454 valence electrons. The van der Waals surface area contributed by atoms with E-state index in [2.05, 4.69) is 105 Å². The Morgan fingerprint density at radius 2 is 0.963 bits per heavy atom. The summed E-state index contributed by atoms with van der Waals surface area (Å²) >= 11 is 0. The molecule has 1 rings (SSSR count). The van der Waals surface area contributed by atoms with Gasteiger partial charge in [-0.15, -0.1) is 0 Å². The van der Waals surface area contributed by atoms with Gasteiger partial charge in [0.05, 0.1) is 25.4 Å². The van der Waals surface area contributed by atoms with Gasteiger partial charge in [0.25, 0.3) is 0 Å². The van der Waals surface area contributed by atoms with Gasteiger partial charge < -0.3 is 45.1 Å². The lowest BCUT2D eigenvalue weighted by Crippen LogP contribution is -2.61. The summed E-state index contributed by atoms with van der Waals surface area (Å²) in [6.45, 7) is 5.48. The monoisotopic (exact) mass is 1120 g/mol. The third kappa shape index (κ3) is 42.6. The topological polar surface area (TPSA) is 175 Å². The van der Waals surface area contributed by atoms with Crippen LogP contribution < -0.4 is 5.32 Å². The maximum Gasteiger partial charge on any atom is 0.306 e. The standard InChI is InChI=1S/C69H113NO10/c1-4-7-10-13-16-19-22-25-26-27-28-29-30-31-32-33-34-35-36-37-38-39-42-45-48-51-54-57-64(74)80-67-66(76)65(75)63(58-71)79-69(67)78-59-60(61(72)55-52-49-46-43-40-23-20-17-14-11-8-5-2)70-68(77)62(73)56-53-50-47-44-41-24-21-18-15-12-9-6-3/h7,9-10,12,15-16,18-19,21,24-26,28-29,31-32,34-35,41,44,52,55,60-63,65-67,69,71-73,75-76H,4-6,8,11,13-14,17,20,22-23,27,30,33,36-40,42-43,45-51,53-54,56-59H2,1-3H3,(H,70,77)/b10-7-,12-9+,18-15+,19-16-,24-21-,26-25-,29-28-,32-31-,35-34-,44-41-,55-52+. The van der Waals surface area contributed by atoms with Gasteiger partial charge in [-0.2, -0.15) is 0 Å². The largest absolute Gasteiger partial charge is 0.454 e. The summed E-state index contributed by atoms with van der Waals surface area (Å²) < 4.78 is 17.6. The summed E-state index contributed by atoms with van der Waals surface area (Å²) in [4.78, 5) is 26.5. The van der Waals surface area contributed by atoms with Crippen LogP contribution in [0.3, 0.4) is 0 Å². The average molecular weight is 1120 g/mol. The zero-order valence-electron chi connectivity index (χ0n) is 50.1. The molecule has 1 aliphatic rings. The van der Waals surface area contributed by atoms with Crippen molar-refractivity contribution in [3.63, 3.8) is 0 Å². The van der Waals surface area contributed by atoms with Gasteiger partial charge in [-0.25, -0.2) is 0 Å². The van der Waals surface area contributed by atoms with Gasteiger partial charge in [0.1, 0.15) is 24.4 Å². The lowest BCUT2D eigenvalue weighted by atomic mass is 9.99. The second-order valence-corrected chi connectivity index (χ2v) is 21.1. The van der Waals surface area contributed by atoms with Crippen LogP contribution in [0, 0.1) is 0 Å². The zero-order valence-corrected chi connectivity index (χ0v) is 50.1. The fraction of sp³-hybridized carbons (Fsp3) is 0.652. The summed E-state index contributed by atoms with van der Waals surface area (Å²) in [6, 6.07) is -1.05. The number of hydrogen-bond donors (Lipinski definition) is 6. The highest BCUT2D eigenvalue weighted by molar-refractivity contribution is 5.80. The maximum absolute atomic E-state index is 13.4. The highest BCUT2D eigenvalue weighted by Crippen LogP contribution is 2.26. The van der Waals surface area contributed by atoms with E-state index in [1.807, 2.05) is 48.6 Å². The van der Waals surface area contributed by atoms with Crippen LogP contribution >= 0.6 is 0 Å². The van der Waals surface area contributed by atoms with Crippen molar-refractivity contribution in [1.29, 1.82) is 0 Å². The molecule has 6 N–H and O–H groups in total. The Morgan fingerprint density at radius 3 is 1.50 bits per heavy atom. The predicted molar refractivity (Wildman–Crippen MR) is 333 cm³/mol. The summed E-state index contributed by atoms with van der Waals surface area (Å²) in [7, 11) is 0. The molecule has 0 aliphatic carbocycles. The molecule has 8 atom stereocenters. The Morgan fingerprint density at radius 1 is 0.512 bits per heavy atom. The summed E-state index contributed by atoms with van der Waals surface area (Å²) in [5, 5.41) is 56.9. The fourth-order valence-electron chi connectivity index (χ4n) is 8.96. The third-order valence-electron chi connectivity index (χ3n) is 13.9. The number of hydrogen-bond acceptors (Lipinski definition) is 10. The third-order valence-corrected chi connectivity index (χ3v) is 13.9. The number of carbonyl (C=O) groups excluding carboxylic acids is 2. The van der Waals surface area contributed by atoms with Crippen molar-refractivity contribution in [3.05, 3.63) is 134 Å². The van der Waals surface area contributed by atoms with Crippen molar-refractivity contribution in [1.82, 2.24) is 5.32 Å². The Kier molecular flexibility index (Phi) is 51.1. The minimum Gasteiger partial charge on any atom is -0.454 e. The van der Waals surface area contributed by atoms with Gasteiger partial charge in [-0.1, -0.05) is 257 Å². The van der Waals surface area contributed by atoms with Gasteiger partial charge in [0, 0.05) is 6.42 Å². The highest BCUT2D eigenvalue weighted by atomic mass is 16.7. The molecule has 1 saturated heterocycles. The fourth-order valence-corrected chi connectivity index (χ4v) is 8.96. The quantitative estimate of drug-likeness (QED) is 0.0149. The summed E-state index contributed by atoms with van der Waals surface area (Å²) in [5.74, 6) is -1.26. The molecule has 0 spiro atoms. The minimum atomic E-state index is -1.63. The van der Waals surface area contributed by atoms with E-state index in [9.17, 15) is 35.1 Å². The maximum atomic E-state index is 13.4. The lowest BCUT2D eigenvalue weighted by molar-refractivity contribution is -0.305. The Labute approximate surface area is 486 Å². The van der Waals surface area contributed by atoms with E-state index in [-0.39, 0.29) is 19.4 Å². The van der Waals surface area contributed by atoms with Crippen molar-refractivity contribution < 1.29 is 49.3 Å². The molecule has 0 aromatic heterocycles. The van der Waals surface area contributed by atoms with Gasteiger partial charge in [0.15, 0.2) is 12.4 Å². The number of rotatable bonds is 51. The second kappa shape index (κ2) is 55.3. The molecule has 0 bridgehead atoms.